The summed E-state index contributed by atoms with van der Waals surface area (Å²) >= 11 is 0. The van der Waals surface area contributed by atoms with E-state index in [9.17, 15) is 36.3 Å². The summed E-state index contributed by atoms with van der Waals surface area (Å²) in [5.74, 6) is -8.08. The van der Waals surface area contributed by atoms with E-state index in [1.54, 1.807) is 0 Å². The number of hydrogen-bond acceptors (Lipinski definition) is 7. The van der Waals surface area contributed by atoms with Gasteiger partial charge < -0.3 is 14.2 Å². The molecule has 172 valence electrons. The van der Waals surface area contributed by atoms with Crippen LogP contribution in [-0.4, -0.2) is 43.1 Å². The third-order valence-corrected chi connectivity index (χ3v) is 4.43. The fourth-order valence-corrected chi connectivity index (χ4v) is 2.94. The number of halogens is 5. The molecule has 0 unspecified atom stereocenters. The zero-order chi connectivity index (χ0) is 24.5. The molecule has 3 aromatic rings. The first-order valence-electron chi connectivity index (χ1n) is 8.86. The second-order valence-corrected chi connectivity index (χ2v) is 6.37. The van der Waals surface area contributed by atoms with Gasteiger partial charge in [-0.3, -0.25) is 9.78 Å². The number of benzene rings is 2. The van der Waals surface area contributed by atoms with E-state index in [1.165, 1.54) is 14.2 Å². The van der Waals surface area contributed by atoms with E-state index in [0.29, 0.717) is 6.20 Å². The number of alkyl halides is 3. The molecular formula is C21H12F5NO6. The molecule has 7 nitrogen and oxygen atoms in total. The Morgan fingerprint density at radius 1 is 0.909 bits per heavy atom. The van der Waals surface area contributed by atoms with E-state index in [2.05, 4.69) is 9.72 Å². The van der Waals surface area contributed by atoms with Crippen molar-refractivity contribution in [3.8, 4) is 11.5 Å². The molecule has 0 amide bonds. The molecular weight excluding hydrogens is 457 g/mol. The van der Waals surface area contributed by atoms with Gasteiger partial charge in [-0.2, -0.15) is 13.2 Å². The third kappa shape index (κ3) is 4.45. The number of aromatic nitrogens is 1. The molecule has 3 rings (SSSR count). The van der Waals surface area contributed by atoms with Crippen LogP contribution in [0.2, 0.25) is 0 Å². The van der Waals surface area contributed by atoms with Gasteiger partial charge >= 0.3 is 18.1 Å². The number of fused-ring (bicyclic) bond motifs is 1. The number of methoxy groups -OCH3 is 2. The number of nitrogens with zero attached hydrogens (tertiary/aromatic N) is 1. The minimum absolute atomic E-state index is 0.00624. The van der Waals surface area contributed by atoms with Crippen LogP contribution in [-0.2, 0) is 9.53 Å². The van der Waals surface area contributed by atoms with Crippen molar-refractivity contribution in [2.24, 2.45) is 0 Å². The predicted octanol–water partition coefficient (Wildman–Crippen LogP) is 4.01. The molecule has 12 heteroatoms. The number of ketones is 1. The molecule has 2 aromatic carbocycles. The zero-order valence-electron chi connectivity index (χ0n) is 16.8. The number of esters is 2. The van der Waals surface area contributed by atoms with Crippen molar-refractivity contribution in [1.29, 1.82) is 0 Å². The molecule has 0 bridgehead atoms. The van der Waals surface area contributed by atoms with Crippen molar-refractivity contribution in [1.82, 2.24) is 4.98 Å². The first-order chi connectivity index (χ1) is 15.5. The van der Waals surface area contributed by atoms with Crippen LogP contribution in [0.5, 0.6) is 11.5 Å². The molecule has 0 aliphatic rings. The Bertz CT molecular complexity index is 1270. The number of pyridine rings is 1. The molecule has 0 radical (unpaired) electrons. The van der Waals surface area contributed by atoms with Crippen LogP contribution in [0.25, 0.3) is 10.8 Å². The van der Waals surface area contributed by atoms with Gasteiger partial charge in [-0.1, -0.05) is 6.07 Å². The van der Waals surface area contributed by atoms with Gasteiger partial charge in [0.05, 0.1) is 25.3 Å². The highest BCUT2D eigenvalue weighted by Crippen LogP contribution is 2.36. The molecule has 33 heavy (non-hydrogen) atoms. The highest BCUT2D eigenvalue weighted by Gasteiger charge is 2.43. The molecule has 0 spiro atoms. The van der Waals surface area contributed by atoms with Crippen LogP contribution in [0.15, 0.2) is 36.5 Å². The molecule has 0 aliphatic heterocycles. The molecule has 0 aliphatic carbocycles. The van der Waals surface area contributed by atoms with Gasteiger partial charge in [0.2, 0.25) is 5.78 Å². The average Bonchev–Trinajstić information content (AvgIpc) is 2.76. The quantitative estimate of drug-likeness (QED) is 0.241. The van der Waals surface area contributed by atoms with Gasteiger partial charge in [-0.15, -0.1) is 0 Å². The fourth-order valence-electron chi connectivity index (χ4n) is 2.94. The maximum absolute atomic E-state index is 14.2. The Morgan fingerprint density at radius 3 is 1.97 bits per heavy atom. The Kier molecular flexibility index (Phi) is 6.29. The lowest BCUT2D eigenvalue weighted by Gasteiger charge is -2.14. The second kappa shape index (κ2) is 8.81. The third-order valence-electron chi connectivity index (χ3n) is 4.43. The summed E-state index contributed by atoms with van der Waals surface area (Å²) in [6.45, 7) is 0. The lowest BCUT2D eigenvalue weighted by atomic mass is 9.98. The SMILES string of the molecule is COc1cc2c(C(=O)OC(=O)C(F)(F)F)cnc(C(=O)c3c(F)cccc3F)c2cc1OC. The number of carbonyl (C=O) groups is 3. The van der Waals surface area contributed by atoms with E-state index in [4.69, 9.17) is 9.47 Å². The van der Waals surface area contributed by atoms with Crippen molar-refractivity contribution in [3.63, 3.8) is 0 Å². The summed E-state index contributed by atoms with van der Waals surface area (Å²) < 4.78 is 79.9. The minimum Gasteiger partial charge on any atom is -0.493 e. The number of rotatable bonds is 5. The molecule has 0 fully saturated rings. The highest BCUT2D eigenvalue weighted by molar-refractivity contribution is 6.18. The first-order valence-corrected chi connectivity index (χ1v) is 8.86. The zero-order valence-corrected chi connectivity index (χ0v) is 16.8. The van der Waals surface area contributed by atoms with Crippen LogP contribution in [0, 0.1) is 11.6 Å². The van der Waals surface area contributed by atoms with Gasteiger partial charge in [0.1, 0.15) is 17.3 Å². The van der Waals surface area contributed by atoms with E-state index in [1.807, 2.05) is 0 Å². The Hall–Kier alpha value is -4.09. The maximum Gasteiger partial charge on any atom is 0.491 e. The van der Waals surface area contributed by atoms with E-state index in [-0.39, 0.29) is 22.3 Å². The van der Waals surface area contributed by atoms with E-state index >= 15 is 0 Å². The van der Waals surface area contributed by atoms with Crippen molar-refractivity contribution in [2.75, 3.05) is 14.2 Å². The van der Waals surface area contributed by atoms with Crippen molar-refractivity contribution in [2.45, 2.75) is 6.18 Å². The van der Waals surface area contributed by atoms with Crippen LogP contribution in [0.3, 0.4) is 0 Å². The number of ether oxygens (including phenoxy) is 3. The second-order valence-electron chi connectivity index (χ2n) is 6.37. The van der Waals surface area contributed by atoms with Gasteiger partial charge in [-0.25, -0.2) is 18.4 Å². The smallest absolute Gasteiger partial charge is 0.491 e. The van der Waals surface area contributed by atoms with Crippen molar-refractivity contribution >= 4 is 28.5 Å². The summed E-state index contributed by atoms with van der Waals surface area (Å²) in [5, 5.41) is -0.475. The van der Waals surface area contributed by atoms with Gasteiger partial charge in [0.25, 0.3) is 0 Å². The highest BCUT2D eigenvalue weighted by atomic mass is 19.4. The average molecular weight is 469 g/mol. The van der Waals surface area contributed by atoms with Crippen LogP contribution < -0.4 is 9.47 Å². The van der Waals surface area contributed by atoms with Gasteiger partial charge in [0.15, 0.2) is 11.5 Å². The largest absolute Gasteiger partial charge is 0.493 e. The molecule has 0 saturated carbocycles. The Balaban J connectivity index is 2.25. The number of carbonyl (C=O) groups excluding carboxylic acids is 3. The lowest BCUT2D eigenvalue weighted by Crippen LogP contribution is -2.28. The summed E-state index contributed by atoms with van der Waals surface area (Å²) in [5.41, 5.74) is -2.13. The lowest BCUT2D eigenvalue weighted by molar-refractivity contribution is -0.193. The molecule has 1 heterocycles. The minimum atomic E-state index is -5.45. The van der Waals surface area contributed by atoms with Crippen molar-refractivity contribution in [3.05, 3.63) is 65.0 Å². The first kappa shape index (κ1) is 23.6. The normalized spacial score (nSPS) is 11.2. The van der Waals surface area contributed by atoms with Crippen LogP contribution in [0.4, 0.5) is 22.0 Å². The Labute approximate surface area is 181 Å². The molecule has 0 saturated heterocycles. The van der Waals surface area contributed by atoms with Crippen LogP contribution >= 0.6 is 0 Å². The Morgan fingerprint density at radius 2 is 1.45 bits per heavy atom. The summed E-state index contributed by atoms with van der Waals surface area (Å²) in [6, 6.07) is 4.97. The maximum atomic E-state index is 14.2. The van der Waals surface area contributed by atoms with E-state index in [0.717, 1.165) is 30.3 Å². The fraction of sp³-hybridized carbons (Fsp3) is 0.143. The van der Waals surface area contributed by atoms with E-state index < -0.39 is 52.4 Å². The van der Waals surface area contributed by atoms with Crippen molar-refractivity contribution < 1.29 is 50.5 Å². The van der Waals surface area contributed by atoms with Crippen LogP contribution in [0.1, 0.15) is 26.4 Å². The topological polar surface area (TPSA) is 91.8 Å². The predicted molar refractivity (Wildman–Crippen MR) is 101 cm³/mol. The molecule has 0 N–H and O–H groups in total. The summed E-state index contributed by atoms with van der Waals surface area (Å²) in [4.78, 5) is 40.0. The summed E-state index contributed by atoms with van der Waals surface area (Å²) in [6.07, 6.45) is -4.80. The monoisotopic (exact) mass is 469 g/mol. The van der Waals surface area contributed by atoms with Gasteiger partial charge in [-0.05, 0) is 24.3 Å². The standard InChI is InChI=1S/C21H12F5NO6/c1-31-14-6-9-10(7-15(14)32-2)17(18(28)16-12(22)4-3-5-13(16)23)27-8-11(9)19(29)33-20(30)21(24,25)26/h3-8H,1-2H3. The summed E-state index contributed by atoms with van der Waals surface area (Å²) in [7, 11) is 2.45. The molecule has 1 aromatic heterocycles. The molecule has 0 atom stereocenters. The number of hydrogen-bond donors (Lipinski definition) is 0. The van der Waals surface area contributed by atoms with Gasteiger partial charge in [0, 0.05) is 17.0 Å².